The van der Waals surface area contributed by atoms with Crippen molar-refractivity contribution >= 4 is 34.9 Å². The molecule has 0 bridgehead atoms. The maximum absolute atomic E-state index is 11.9. The SMILES string of the molecule is CC(CNC(=O)Nc1ccc(Cl)c(Cl)c1)CN1CCOCC1. The van der Waals surface area contributed by atoms with Gasteiger partial charge >= 0.3 is 6.03 Å². The fraction of sp³-hybridized carbons (Fsp3) is 0.533. The number of anilines is 1. The first-order valence-corrected chi connectivity index (χ1v) is 8.10. The molecule has 0 saturated carbocycles. The van der Waals surface area contributed by atoms with Crippen LogP contribution in [0.15, 0.2) is 18.2 Å². The molecule has 2 N–H and O–H groups in total. The Bertz CT molecular complexity index is 508. The Morgan fingerprint density at radius 1 is 1.32 bits per heavy atom. The van der Waals surface area contributed by atoms with Gasteiger partial charge in [0, 0.05) is 31.9 Å². The molecule has 2 rings (SSSR count). The molecule has 22 heavy (non-hydrogen) atoms. The second-order valence-electron chi connectivity index (χ2n) is 5.48. The van der Waals surface area contributed by atoms with Crippen molar-refractivity contribution in [1.29, 1.82) is 0 Å². The van der Waals surface area contributed by atoms with E-state index in [-0.39, 0.29) is 6.03 Å². The van der Waals surface area contributed by atoms with Gasteiger partial charge in [-0.05, 0) is 24.1 Å². The van der Waals surface area contributed by atoms with Crippen molar-refractivity contribution in [2.45, 2.75) is 6.92 Å². The molecule has 1 aromatic rings. The first-order chi connectivity index (χ1) is 10.5. The molecule has 1 aliphatic heterocycles. The van der Waals surface area contributed by atoms with E-state index in [0.29, 0.717) is 28.2 Å². The number of carbonyl (C=O) groups is 1. The van der Waals surface area contributed by atoms with Crippen LogP contribution >= 0.6 is 23.2 Å². The zero-order valence-electron chi connectivity index (χ0n) is 12.6. The van der Waals surface area contributed by atoms with E-state index in [1.165, 1.54) is 0 Å². The zero-order valence-corrected chi connectivity index (χ0v) is 14.1. The van der Waals surface area contributed by atoms with Crippen molar-refractivity contribution in [3.05, 3.63) is 28.2 Å². The van der Waals surface area contributed by atoms with Crippen LogP contribution in [0.2, 0.25) is 10.0 Å². The number of benzene rings is 1. The van der Waals surface area contributed by atoms with E-state index in [1.54, 1.807) is 18.2 Å². The Balaban J connectivity index is 1.71. The van der Waals surface area contributed by atoms with Crippen LogP contribution in [-0.2, 0) is 4.74 Å². The predicted octanol–water partition coefficient (Wildman–Crippen LogP) is 3.08. The number of amides is 2. The van der Waals surface area contributed by atoms with Gasteiger partial charge in [0.05, 0.1) is 23.3 Å². The van der Waals surface area contributed by atoms with Gasteiger partial charge in [0.2, 0.25) is 0 Å². The molecule has 5 nitrogen and oxygen atoms in total. The number of carbonyl (C=O) groups excluding carboxylic acids is 1. The van der Waals surface area contributed by atoms with Crippen molar-refractivity contribution in [2.24, 2.45) is 5.92 Å². The van der Waals surface area contributed by atoms with E-state index in [4.69, 9.17) is 27.9 Å². The maximum atomic E-state index is 11.9. The molecular weight excluding hydrogens is 325 g/mol. The maximum Gasteiger partial charge on any atom is 0.319 e. The van der Waals surface area contributed by atoms with Gasteiger partial charge in [-0.2, -0.15) is 0 Å². The van der Waals surface area contributed by atoms with E-state index in [9.17, 15) is 4.79 Å². The molecule has 0 aromatic heterocycles. The van der Waals surface area contributed by atoms with Crippen molar-refractivity contribution in [1.82, 2.24) is 10.2 Å². The predicted molar refractivity (Wildman–Crippen MR) is 89.9 cm³/mol. The number of hydrogen-bond acceptors (Lipinski definition) is 3. The number of nitrogens with zero attached hydrogens (tertiary/aromatic N) is 1. The lowest BCUT2D eigenvalue weighted by Gasteiger charge is -2.29. The van der Waals surface area contributed by atoms with Crippen molar-refractivity contribution in [3.63, 3.8) is 0 Å². The van der Waals surface area contributed by atoms with Gasteiger partial charge in [-0.3, -0.25) is 4.90 Å². The Morgan fingerprint density at radius 2 is 2.05 bits per heavy atom. The van der Waals surface area contributed by atoms with E-state index in [1.807, 2.05) is 0 Å². The van der Waals surface area contributed by atoms with Gasteiger partial charge in [0.25, 0.3) is 0 Å². The van der Waals surface area contributed by atoms with Crippen LogP contribution < -0.4 is 10.6 Å². The number of ether oxygens (including phenoxy) is 1. The van der Waals surface area contributed by atoms with Crippen molar-refractivity contribution in [3.8, 4) is 0 Å². The largest absolute Gasteiger partial charge is 0.379 e. The monoisotopic (exact) mass is 345 g/mol. The number of hydrogen-bond donors (Lipinski definition) is 2. The molecule has 1 heterocycles. The molecule has 122 valence electrons. The summed E-state index contributed by atoms with van der Waals surface area (Å²) in [6.07, 6.45) is 0. The Morgan fingerprint density at radius 3 is 2.73 bits per heavy atom. The summed E-state index contributed by atoms with van der Waals surface area (Å²) in [7, 11) is 0. The van der Waals surface area contributed by atoms with E-state index in [2.05, 4.69) is 22.5 Å². The highest BCUT2D eigenvalue weighted by atomic mass is 35.5. The second-order valence-corrected chi connectivity index (χ2v) is 6.30. The minimum atomic E-state index is -0.243. The third-order valence-corrected chi connectivity index (χ3v) is 4.20. The highest BCUT2D eigenvalue weighted by molar-refractivity contribution is 6.42. The molecule has 1 fully saturated rings. The third kappa shape index (κ3) is 5.65. The second kappa shape index (κ2) is 8.58. The average Bonchev–Trinajstić information content (AvgIpc) is 2.50. The van der Waals surface area contributed by atoms with E-state index in [0.717, 1.165) is 32.8 Å². The zero-order chi connectivity index (χ0) is 15.9. The number of morpholine rings is 1. The summed E-state index contributed by atoms with van der Waals surface area (Å²) in [6, 6.07) is 4.75. The summed E-state index contributed by atoms with van der Waals surface area (Å²) in [6.45, 7) is 7.19. The summed E-state index contributed by atoms with van der Waals surface area (Å²) in [4.78, 5) is 14.2. The molecule has 1 aliphatic rings. The average molecular weight is 346 g/mol. The minimum absolute atomic E-state index is 0.243. The number of rotatable bonds is 5. The topological polar surface area (TPSA) is 53.6 Å². The lowest BCUT2D eigenvalue weighted by Crippen LogP contribution is -2.42. The van der Waals surface area contributed by atoms with Crippen LogP contribution in [-0.4, -0.2) is 50.3 Å². The number of nitrogens with one attached hydrogen (secondary N) is 2. The smallest absolute Gasteiger partial charge is 0.319 e. The fourth-order valence-electron chi connectivity index (χ4n) is 2.31. The minimum Gasteiger partial charge on any atom is -0.379 e. The van der Waals surface area contributed by atoms with Crippen LogP contribution in [0.3, 0.4) is 0 Å². The molecule has 0 aliphatic carbocycles. The van der Waals surface area contributed by atoms with Crippen LogP contribution in [0.1, 0.15) is 6.92 Å². The molecular formula is C15H21Cl2N3O2. The molecule has 1 aromatic carbocycles. The van der Waals surface area contributed by atoms with Gasteiger partial charge in [-0.25, -0.2) is 4.79 Å². The quantitative estimate of drug-likeness (QED) is 0.862. The highest BCUT2D eigenvalue weighted by Gasteiger charge is 2.14. The van der Waals surface area contributed by atoms with Crippen LogP contribution in [0.5, 0.6) is 0 Å². The fourth-order valence-corrected chi connectivity index (χ4v) is 2.60. The van der Waals surface area contributed by atoms with Gasteiger partial charge in [0.1, 0.15) is 0 Å². The normalized spacial score (nSPS) is 17.0. The molecule has 0 spiro atoms. The summed E-state index contributed by atoms with van der Waals surface area (Å²) in [5, 5.41) is 6.49. The summed E-state index contributed by atoms with van der Waals surface area (Å²) in [5.74, 6) is 0.373. The Labute approximate surface area is 140 Å². The van der Waals surface area contributed by atoms with E-state index >= 15 is 0 Å². The summed E-state index contributed by atoms with van der Waals surface area (Å²) < 4.78 is 5.32. The lowest BCUT2D eigenvalue weighted by molar-refractivity contribution is 0.0320. The number of halogens is 2. The standard InChI is InChI=1S/C15H21Cl2N3O2/c1-11(10-20-4-6-22-7-5-20)9-18-15(21)19-12-2-3-13(16)14(17)8-12/h2-3,8,11H,4-7,9-10H2,1H3,(H2,18,19,21). The Kier molecular flexibility index (Phi) is 6.76. The molecule has 2 amide bonds. The summed E-state index contributed by atoms with van der Waals surface area (Å²) >= 11 is 11.8. The highest BCUT2D eigenvalue weighted by Crippen LogP contribution is 2.24. The van der Waals surface area contributed by atoms with E-state index < -0.39 is 0 Å². The van der Waals surface area contributed by atoms with Crippen LogP contribution in [0.4, 0.5) is 10.5 Å². The van der Waals surface area contributed by atoms with Crippen LogP contribution in [0.25, 0.3) is 0 Å². The van der Waals surface area contributed by atoms with Crippen LogP contribution in [0, 0.1) is 5.92 Å². The van der Waals surface area contributed by atoms with Gasteiger partial charge in [0.15, 0.2) is 0 Å². The molecule has 1 unspecified atom stereocenters. The Hall–Kier alpha value is -1.01. The molecule has 0 radical (unpaired) electrons. The number of urea groups is 1. The van der Waals surface area contributed by atoms with Gasteiger partial charge < -0.3 is 15.4 Å². The first kappa shape index (κ1) is 17.3. The van der Waals surface area contributed by atoms with Gasteiger partial charge in [-0.1, -0.05) is 30.1 Å². The lowest BCUT2D eigenvalue weighted by atomic mass is 10.1. The first-order valence-electron chi connectivity index (χ1n) is 7.34. The molecule has 1 atom stereocenters. The van der Waals surface area contributed by atoms with Gasteiger partial charge in [-0.15, -0.1) is 0 Å². The van der Waals surface area contributed by atoms with Crippen molar-refractivity contribution < 1.29 is 9.53 Å². The molecule has 7 heteroatoms. The third-order valence-electron chi connectivity index (χ3n) is 3.46. The molecule has 1 saturated heterocycles. The summed E-state index contributed by atoms with van der Waals surface area (Å²) in [5.41, 5.74) is 0.618. The van der Waals surface area contributed by atoms with Crippen molar-refractivity contribution in [2.75, 3.05) is 44.7 Å².